The Kier molecular flexibility index (Phi) is 4.72. The Labute approximate surface area is 152 Å². The first-order chi connectivity index (χ1) is 12.6. The number of likely N-dealkylation sites (tertiary alicyclic amines) is 1. The van der Waals surface area contributed by atoms with Gasteiger partial charge in [-0.05, 0) is 56.7 Å². The summed E-state index contributed by atoms with van der Waals surface area (Å²) in [7, 11) is 1.73. The molecule has 0 radical (unpaired) electrons. The van der Waals surface area contributed by atoms with E-state index in [0.29, 0.717) is 5.92 Å². The Hall–Kier alpha value is -2.28. The van der Waals surface area contributed by atoms with Crippen LogP contribution in [0.3, 0.4) is 0 Å². The molecular formula is C19H25N5O2. The second-order valence-electron chi connectivity index (χ2n) is 7.57. The Bertz CT molecular complexity index is 909. The summed E-state index contributed by atoms with van der Waals surface area (Å²) in [5.74, 6) is 0.495. The summed E-state index contributed by atoms with van der Waals surface area (Å²) >= 11 is 0. The van der Waals surface area contributed by atoms with Gasteiger partial charge in [-0.1, -0.05) is 0 Å². The van der Waals surface area contributed by atoms with E-state index in [1.165, 1.54) is 4.57 Å². The van der Waals surface area contributed by atoms with Crippen molar-refractivity contribution in [2.24, 2.45) is 13.0 Å². The zero-order valence-electron chi connectivity index (χ0n) is 15.2. The molecule has 3 heterocycles. The van der Waals surface area contributed by atoms with E-state index >= 15 is 0 Å². The molecule has 0 atom stereocenters. The average Bonchev–Trinajstić information content (AvgIpc) is 3.07. The van der Waals surface area contributed by atoms with E-state index in [1.807, 2.05) is 6.20 Å². The van der Waals surface area contributed by atoms with Crippen LogP contribution in [0, 0.1) is 5.92 Å². The minimum atomic E-state index is -0.222. The Morgan fingerprint density at radius 2 is 2.00 bits per heavy atom. The van der Waals surface area contributed by atoms with Crippen LogP contribution < -0.4 is 11.2 Å². The Morgan fingerprint density at radius 3 is 2.77 bits per heavy atom. The molecule has 0 spiro atoms. The normalized spacial score (nSPS) is 18.2. The maximum Gasteiger partial charge on any atom is 0.347 e. The number of hydrogen-bond donors (Lipinski definition) is 0. The van der Waals surface area contributed by atoms with E-state index in [4.69, 9.17) is 0 Å². The molecule has 0 aromatic carbocycles. The summed E-state index contributed by atoms with van der Waals surface area (Å²) in [5.41, 5.74) is 3.14. The molecule has 1 saturated heterocycles. The number of hydrogen-bond acceptors (Lipinski definition) is 5. The molecule has 7 heteroatoms. The summed E-state index contributed by atoms with van der Waals surface area (Å²) < 4.78 is 3.20. The second kappa shape index (κ2) is 7.15. The molecule has 26 heavy (non-hydrogen) atoms. The average molecular weight is 355 g/mol. The lowest BCUT2D eigenvalue weighted by atomic mass is 9.96. The minimum absolute atomic E-state index is 0.0457. The van der Waals surface area contributed by atoms with Gasteiger partial charge < -0.3 is 4.57 Å². The van der Waals surface area contributed by atoms with Crippen LogP contribution in [0.2, 0.25) is 0 Å². The van der Waals surface area contributed by atoms with Crippen molar-refractivity contribution in [2.45, 2.75) is 45.2 Å². The Balaban J connectivity index is 1.34. The molecule has 2 aromatic rings. The molecule has 1 fully saturated rings. The van der Waals surface area contributed by atoms with Crippen LogP contribution in [0.5, 0.6) is 0 Å². The molecular weight excluding hydrogens is 330 g/mol. The molecule has 0 unspecified atom stereocenters. The summed E-state index contributed by atoms with van der Waals surface area (Å²) in [6, 6.07) is 1.79. The van der Waals surface area contributed by atoms with Crippen LogP contribution in [0.15, 0.2) is 28.0 Å². The zero-order valence-corrected chi connectivity index (χ0v) is 15.2. The maximum atomic E-state index is 12.3. The van der Waals surface area contributed by atoms with Crippen LogP contribution >= 0.6 is 0 Å². The highest BCUT2D eigenvalue weighted by Crippen LogP contribution is 2.21. The highest BCUT2D eigenvalue weighted by Gasteiger charge is 2.22. The lowest BCUT2D eigenvalue weighted by Crippen LogP contribution is -2.37. The number of nitrogens with zero attached hydrogens (tertiary/aromatic N) is 5. The maximum absolute atomic E-state index is 12.3. The first kappa shape index (κ1) is 17.1. The number of rotatable bonds is 4. The quantitative estimate of drug-likeness (QED) is 0.809. The van der Waals surface area contributed by atoms with Gasteiger partial charge in [-0.15, -0.1) is 0 Å². The van der Waals surface area contributed by atoms with Gasteiger partial charge >= 0.3 is 5.69 Å². The fraction of sp³-hybridized carbons (Fsp3) is 0.579. The van der Waals surface area contributed by atoms with E-state index < -0.39 is 0 Å². The number of aryl methyl sites for hydroxylation is 3. The van der Waals surface area contributed by atoms with Gasteiger partial charge in [0.15, 0.2) is 0 Å². The van der Waals surface area contributed by atoms with Crippen molar-refractivity contribution in [1.82, 2.24) is 24.2 Å². The third-order valence-electron chi connectivity index (χ3n) is 5.57. The van der Waals surface area contributed by atoms with Crippen molar-refractivity contribution in [3.05, 3.63) is 56.1 Å². The third-order valence-corrected chi connectivity index (χ3v) is 5.57. The van der Waals surface area contributed by atoms with Gasteiger partial charge in [0, 0.05) is 44.2 Å². The van der Waals surface area contributed by atoms with Crippen LogP contribution in [0.25, 0.3) is 0 Å². The topological polar surface area (TPSA) is 73.0 Å². The van der Waals surface area contributed by atoms with E-state index in [1.54, 1.807) is 24.0 Å². The summed E-state index contributed by atoms with van der Waals surface area (Å²) in [6.07, 6.45) is 8.76. The second-order valence-corrected chi connectivity index (χ2v) is 7.57. The van der Waals surface area contributed by atoms with Gasteiger partial charge in [-0.2, -0.15) is 5.10 Å². The number of aromatic nitrogens is 4. The summed E-state index contributed by atoms with van der Waals surface area (Å²) in [5, 5.41) is 4.60. The number of piperidine rings is 1. The van der Waals surface area contributed by atoms with Crippen molar-refractivity contribution in [2.75, 3.05) is 13.1 Å². The van der Waals surface area contributed by atoms with Gasteiger partial charge in [0.2, 0.25) is 0 Å². The van der Waals surface area contributed by atoms with Crippen molar-refractivity contribution < 1.29 is 0 Å². The van der Waals surface area contributed by atoms with Gasteiger partial charge in [0.25, 0.3) is 5.56 Å². The van der Waals surface area contributed by atoms with E-state index in [2.05, 4.69) is 15.0 Å². The molecule has 0 bridgehead atoms. The molecule has 1 aliphatic heterocycles. The fourth-order valence-corrected chi connectivity index (χ4v) is 4.05. The predicted octanol–water partition coefficient (Wildman–Crippen LogP) is 0.738. The monoisotopic (exact) mass is 355 g/mol. The van der Waals surface area contributed by atoms with Crippen molar-refractivity contribution in [3.63, 3.8) is 0 Å². The third kappa shape index (κ3) is 3.62. The van der Waals surface area contributed by atoms with E-state index in [-0.39, 0.29) is 11.2 Å². The molecule has 2 aromatic heterocycles. The molecule has 4 rings (SSSR count). The molecule has 0 N–H and O–H groups in total. The van der Waals surface area contributed by atoms with Gasteiger partial charge in [-0.3, -0.25) is 9.69 Å². The summed E-state index contributed by atoms with van der Waals surface area (Å²) in [4.78, 5) is 29.9. The van der Waals surface area contributed by atoms with Crippen molar-refractivity contribution in [3.8, 4) is 0 Å². The number of fused-ring (bicyclic) bond motifs is 1. The smallest absolute Gasteiger partial charge is 0.302 e. The molecule has 2 aliphatic rings. The lowest BCUT2D eigenvalue weighted by molar-refractivity contribution is 0.163. The highest BCUT2D eigenvalue weighted by atomic mass is 16.1. The Morgan fingerprint density at radius 1 is 1.19 bits per heavy atom. The SMILES string of the molecule is Cn1cc(CN2CCC(Cn3nc4c(cc3=O)CCC4)CC2)cnc1=O. The van der Waals surface area contributed by atoms with Crippen LogP contribution in [-0.4, -0.2) is 37.3 Å². The van der Waals surface area contributed by atoms with Crippen LogP contribution in [-0.2, 0) is 33.0 Å². The first-order valence-corrected chi connectivity index (χ1v) is 9.42. The molecule has 138 valence electrons. The largest absolute Gasteiger partial charge is 0.347 e. The molecule has 1 aliphatic carbocycles. The lowest BCUT2D eigenvalue weighted by Gasteiger charge is -2.32. The molecule has 0 amide bonds. The minimum Gasteiger partial charge on any atom is -0.302 e. The standard InChI is InChI=1S/C19H25N5O2/c1-22-11-15(10-20-19(22)26)12-23-7-5-14(6-8-23)13-24-18(25)9-16-3-2-4-17(16)21-24/h9-11,14H,2-8,12-13H2,1H3. The van der Waals surface area contributed by atoms with Crippen LogP contribution in [0.1, 0.15) is 36.1 Å². The summed E-state index contributed by atoms with van der Waals surface area (Å²) in [6.45, 7) is 3.52. The van der Waals surface area contributed by atoms with Crippen molar-refractivity contribution >= 4 is 0 Å². The predicted molar refractivity (Wildman–Crippen MR) is 98.0 cm³/mol. The molecule has 7 nitrogen and oxygen atoms in total. The van der Waals surface area contributed by atoms with E-state index in [9.17, 15) is 9.59 Å². The highest BCUT2D eigenvalue weighted by molar-refractivity contribution is 5.22. The zero-order chi connectivity index (χ0) is 18.1. The van der Waals surface area contributed by atoms with E-state index in [0.717, 1.165) is 75.1 Å². The van der Waals surface area contributed by atoms with Crippen LogP contribution in [0.4, 0.5) is 0 Å². The van der Waals surface area contributed by atoms with Gasteiger partial charge in [-0.25, -0.2) is 14.5 Å². The van der Waals surface area contributed by atoms with Gasteiger partial charge in [0.05, 0.1) is 5.69 Å². The van der Waals surface area contributed by atoms with Crippen molar-refractivity contribution in [1.29, 1.82) is 0 Å². The first-order valence-electron chi connectivity index (χ1n) is 9.42. The molecule has 0 saturated carbocycles. The fourth-order valence-electron chi connectivity index (χ4n) is 4.05. The van der Waals surface area contributed by atoms with Gasteiger partial charge in [0.1, 0.15) is 0 Å².